The molecule has 7 nitrogen and oxygen atoms in total. The molecule has 4 heterocycles. The number of nitrogens with one attached hydrogen (secondary N) is 1. The second kappa shape index (κ2) is 6.65. The van der Waals surface area contributed by atoms with Gasteiger partial charge in [0.2, 0.25) is 10.0 Å². The largest absolute Gasteiger partial charge is 0.282 e. The lowest BCUT2D eigenvalue weighted by Gasteiger charge is -2.47. The number of aromatic nitrogens is 4. The number of piperidine rings is 1. The summed E-state index contributed by atoms with van der Waals surface area (Å²) >= 11 is 5.95. The topological polar surface area (TPSA) is 91.8 Å². The zero-order chi connectivity index (χ0) is 19.3. The van der Waals surface area contributed by atoms with Gasteiger partial charge in [0.25, 0.3) is 0 Å². The van der Waals surface area contributed by atoms with Crippen molar-refractivity contribution in [3.05, 3.63) is 71.0 Å². The molecule has 144 valence electrons. The van der Waals surface area contributed by atoms with Crippen molar-refractivity contribution in [3.8, 4) is 0 Å². The number of hydrogen-bond acceptors (Lipinski definition) is 5. The molecular formula is C19H18ClN5O2S. The average molecular weight is 416 g/mol. The summed E-state index contributed by atoms with van der Waals surface area (Å²) in [5.41, 5.74) is 2.94. The summed E-state index contributed by atoms with van der Waals surface area (Å²) in [5.74, 6) is 0.178. The monoisotopic (exact) mass is 415 g/mol. The first kappa shape index (κ1) is 17.8. The van der Waals surface area contributed by atoms with Crippen LogP contribution in [0.25, 0.3) is 0 Å². The fourth-order valence-electron chi connectivity index (χ4n) is 4.48. The Hall–Kier alpha value is -2.29. The van der Waals surface area contributed by atoms with Crippen LogP contribution in [-0.4, -0.2) is 38.9 Å². The molecule has 0 aliphatic carbocycles. The van der Waals surface area contributed by atoms with Crippen molar-refractivity contribution >= 4 is 21.6 Å². The van der Waals surface area contributed by atoms with Crippen LogP contribution in [-0.2, 0) is 16.4 Å². The third-order valence-electron chi connectivity index (χ3n) is 5.69. The lowest BCUT2D eigenvalue weighted by Crippen LogP contribution is -2.51. The second-order valence-electron chi connectivity index (χ2n) is 7.27. The molecule has 0 radical (unpaired) electrons. The lowest BCUT2D eigenvalue weighted by atomic mass is 9.78. The molecular weight excluding hydrogens is 398 g/mol. The lowest BCUT2D eigenvalue weighted by molar-refractivity contribution is 0.144. The number of sulfonamides is 1. The van der Waals surface area contributed by atoms with Gasteiger partial charge in [-0.3, -0.25) is 5.10 Å². The number of fused-ring (bicyclic) bond motifs is 4. The SMILES string of the molecule is O=S(=O)(c1ccc(Cl)cc1)N1C2Cc3[nH]ncc3C1CC(c1ccncn1)C2. The van der Waals surface area contributed by atoms with E-state index in [2.05, 4.69) is 20.2 Å². The Balaban J connectivity index is 1.57. The molecule has 2 aliphatic rings. The molecule has 5 rings (SSSR count). The molecule has 1 aromatic carbocycles. The normalized spacial score (nSPS) is 24.7. The fourth-order valence-corrected chi connectivity index (χ4v) is 6.42. The molecule has 0 spiro atoms. The smallest absolute Gasteiger partial charge is 0.243 e. The zero-order valence-electron chi connectivity index (χ0n) is 14.9. The number of H-pyrrole nitrogens is 1. The number of nitrogens with zero attached hydrogens (tertiary/aromatic N) is 4. The van der Waals surface area contributed by atoms with E-state index >= 15 is 0 Å². The standard InChI is InChI=1S/C19H18ClN5O2S/c20-13-1-3-15(4-2-13)28(26,27)25-14-7-12(17-5-6-21-11-22-17)8-19(25)16-10-23-24-18(16)9-14/h1-6,10-12,14,19H,7-9H2,(H,23,24). The summed E-state index contributed by atoms with van der Waals surface area (Å²) in [6.45, 7) is 0. The van der Waals surface area contributed by atoms with Gasteiger partial charge in [0.15, 0.2) is 0 Å². The third kappa shape index (κ3) is 2.83. The highest BCUT2D eigenvalue weighted by Gasteiger charge is 2.48. The molecule has 3 atom stereocenters. The van der Waals surface area contributed by atoms with Crippen molar-refractivity contribution in [1.82, 2.24) is 24.5 Å². The van der Waals surface area contributed by atoms with Crippen molar-refractivity contribution in [2.75, 3.05) is 0 Å². The number of aromatic amines is 1. The Morgan fingerprint density at radius 3 is 2.71 bits per heavy atom. The van der Waals surface area contributed by atoms with Crippen molar-refractivity contribution < 1.29 is 8.42 Å². The van der Waals surface area contributed by atoms with Crippen molar-refractivity contribution in [1.29, 1.82) is 0 Å². The molecule has 0 saturated carbocycles. The molecule has 28 heavy (non-hydrogen) atoms. The van der Waals surface area contributed by atoms with Crippen LogP contribution in [0.2, 0.25) is 5.02 Å². The van der Waals surface area contributed by atoms with Crippen LogP contribution < -0.4 is 0 Å². The minimum atomic E-state index is -3.66. The number of halogens is 1. The van der Waals surface area contributed by atoms with E-state index in [1.807, 2.05) is 6.07 Å². The van der Waals surface area contributed by atoms with Gasteiger partial charge < -0.3 is 0 Å². The Morgan fingerprint density at radius 2 is 1.96 bits per heavy atom. The van der Waals surface area contributed by atoms with E-state index in [0.717, 1.165) is 17.0 Å². The Bertz CT molecular complexity index is 1100. The minimum absolute atomic E-state index is 0.160. The fraction of sp³-hybridized carbons (Fsp3) is 0.316. The number of rotatable bonds is 3. The maximum Gasteiger partial charge on any atom is 0.243 e. The van der Waals surface area contributed by atoms with Gasteiger partial charge in [-0.2, -0.15) is 9.40 Å². The van der Waals surface area contributed by atoms with Gasteiger partial charge in [0.05, 0.1) is 17.1 Å². The third-order valence-corrected chi connectivity index (χ3v) is 7.92. The van der Waals surface area contributed by atoms with E-state index in [0.29, 0.717) is 24.3 Å². The van der Waals surface area contributed by atoms with Gasteiger partial charge in [-0.25, -0.2) is 18.4 Å². The molecule has 2 aliphatic heterocycles. The zero-order valence-corrected chi connectivity index (χ0v) is 16.4. The predicted molar refractivity (Wildman–Crippen MR) is 103 cm³/mol. The van der Waals surface area contributed by atoms with E-state index in [4.69, 9.17) is 11.6 Å². The predicted octanol–water partition coefficient (Wildman–Crippen LogP) is 3.09. The van der Waals surface area contributed by atoms with Crippen molar-refractivity contribution in [3.63, 3.8) is 0 Å². The Kier molecular flexibility index (Phi) is 4.22. The van der Waals surface area contributed by atoms with Crippen LogP contribution in [0.15, 0.2) is 53.9 Å². The van der Waals surface area contributed by atoms with Gasteiger partial charge >= 0.3 is 0 Å². The molecule has 1 N–H and O–H groups in total. The Labute approximate surface area is 167 Å². The molecule has 1 saturated heterocycles. The van der Waals surface area contributed by atoms with Gasteiger partial charge in [-0.1, -0.05) is 11.6 Å². The van der Waals surface area contributed by atoms with Crippen LogP contribution in [0.4, 0.5) is 0 Å². The number of hydrogen-bond donors (Lipinski definition) is 1. The highest BCUT2D eigenvalue weighted by atomic mass is 35.5. The average Bonchev–Trinajstić information content (AvgIpc) is 3.16. The van der Waals surface area contributed by atoms with E-state index < -0.39 is 10.0 Å². The van der Waals surface area contributed by atoms with Gasteiger partial charge in [0.1, 0.15) is 6.33 Å². The highest BCUT2D eigenvalue weighted by Crippen LogP contribution is 2.48. The van der Waals surface area contributed by atoms with E-state index in [1.165, 1.54) is 0 Å². The molecule has 1 fully saturated rings. The van der Waals surface area contributed by atoms with Crippen LogP contribution in [0.3, 0.4) is 0 Å². The van der Waals surface area contributed by atoms with Crippen molar-refractivity contribution in [2.45, 2.75) is 42.2 Å². The van der Waals surface area contributed by atoms with E-state index in [9.17, 15) is 8.42 Å². The van der Waals surface area contributed by atoms with Crippen molar-refractivity contribution in [2.24, 2.45) is 0 Å². The summed E-state index contributed by atoms with van der Waals surface area (Å²) in [5, 5.41) is 7.73. The molecule has 9 heteroatoms. The molecule has 0 amide bonds. The highest BCUT2D eigenvalue weighted by molar-refractivity contribution is 7.89. The minimum Gasteiger partial charge on any atom is -0.282 e. The first-order valence-electron chi connectivity index (χ1n) is 9.11. The Morgan fingerprint density at radius 1 is 1.14 bits per heavy atom. The first-order chi connectivity index (χ1) is 13.5. The maximum atomic E-state index is 13.5. The molecule has 2 aromatic heterocycles. The molecule has 3 aromatic rings. The summed E-state index contributed by atoms with van der Waals surface area (Å²) in [4.78, 5) is 8.67. The van der Waals surface area contributed by atoms with E-state index in [-0.39, 0.29) is 22.9 Å². The number of benzene rings is 1. The summed E-state index contributed by atoms with van der Waals surface area (Å²) in [6, 6.07) is 7.84. The van der Waals surface area contributed by atoms with Crippen LogP contribution in [0.1, 0.15) is 41.8 Å². The van der Waals surface area contributed by atoms with Crippen LogP contribution in [0.5, 0.6) is 0 Å². The summed E-state index contributed by atoms with van der Waals surface area (Å²) in [7, 11) is -3.66. The molecule has 2 bridgehead atoms. The summed E-state index contributed by atoms with van der Waals surface area (Å²) in [6.07, 6.45) is 7.01. The molecule has 3 unspecified atom stereocenters. The quantitative estimate of drug-likeness (QED) is 0.709. The van der Waals surface area contributed by atoms with Gasteiger partial charge in [-0.15, -0.1) is 0 Å². The van der Waals surface area contributed by atoms with Gasteiger partial charge in [-0.05, 0) is 43.2 Å². The summed E-state index contributed by atoms with van der Waals surface area (Å²) < 4.78 is 28.7. The van der Waals surface area contributed by atoms with Crippen LogP contribution >= 0.6 is 11.6 Å². The first-order valence-corrected chi connectivity index (χ1v) is 10.9. The van der Waals surface area contributed by atoms with Gasteiger partial charge in [0, 0.05) is 46.6 Å². The van der Waals surface area contributed by atoms with Crippen LogP contribution in [0, 0.1) is 0 Å². The second-order valence-corrected chi connectivity index (χ2v) is 9.55. The van der Waals surface area contributed by atoms with E-state index in [1.54, 1.807) is 47.3 Å². The maximum absolute atomic E-state index is 13.5.